The Morgan fingerprint density at radius 2 is 1.96 bits per heavy atom. The van der Waals surface area contributed by atoms with Gasteiger partial charge in [-0.15, -0.1) is 24.0 Å². The summed E-state index contributed by atoms with van der Waals surface area (Å²) in [6.07, 6.45) is 1.20. The maximum Gasteiger partial charge on any atom is 0.407 e. The first-order valence-electron chi connectivity index (χ1n) is 8.40. The Labute approximate surface area is 167 Å². The minimum atomic E-state index is -0.501. The second-order valence-corrected chi connectivity index (χ2v) is 7.06. The molecule has 1 aliphatic rings. The number of carbonyl (C=O) groups is 1. The highest BCUT2D eigenvalue weighted by Gasteiger charge is 2.34. The molecule has 1 heterocycles. The van der Waals surface area contributed by atoms with Gasteiger partial charge in [0.05, 0.1) is 6.61 Å². The molecular formula is C16H33IN4O4. The summed E-state index contributed by atoms with van der Waals surface area (Å²) in [6, 6.07) is 0. The molecule has 0 radical (unpaired) electrons. The lowest BCUT2D eigenvalue weighted by Gasteiger charge is -2.27. The van der Waals surface area contributed by atoms with Crippen LogP contribution in [0.5, 0.6) is 0 Å². The predicted molar refractivity (Wildman–Crippen MR) is 109 cm³/mol. The smallest absolute Gasteiger partial charge is 0.407 e. The highest BCUT2D eigenvalue weighted by atomic mass is 127. The van der Waals surface area contributed by atoms with E-state index in [0.29, 0.717) is 38.6 Å². The van der Waals surface area contributed by atoms with Gasteiger partial charge in [0.1, 0.15) is 5.60 Å². The summed E-state index contributed by atoms with van der Waals surface area (Å²) >= 11 is 0. The van der Waals surface area contributed by atoms with Crippen LogP contribution in [0.1, 0.15) is 33.6 Å². The van der Waals surface area contributed by atoms with Gasteiger partial charge in [0.25, 0.3) is 0 Å². The van der Waals surface area contributed by atoms with Crippen LogP contribution in [0.15, 0.2) is 4.99 Å². The van der Waals surface area contributed by atoms with E-state index < -0.39 is 11.7 Å². The van der Waals surface area contributed by atoms with E-state index in [1.54, 1.807) is 7.05 Å². The van der Waals surface area contributed by atoms with Crippen molar-refractivity contribution in [1.29, 1.82) is 0 Å². The van der Waals surface area contributed by atoms with Crippen molar-refractivity contribution < 1.29 is 19.4 Å². The monoisotopic (exact) mass is 472 g/mol. The van der Waals surface area contributed by atoms with Crippen LogP contribution in [0.3, 0.4) is 0 Å². The Morgan fingerprint density at radius 1 is 1.28 bits per heavy atom. The van der Waals surface area contributed by atoms with Gasteiger partial charge in [-0.1, -0.05) is 0 Å². The molecule has 0 bridgehead atoms. The Kier molecular flexibility index (Phi) is 11.4. The van der Waals surface area contributed by atoms with Gasteiger partial charge in [0, 0.05) is 45.3 Å². The third-order valence-electron chi connectivity index (χ3n) is 3.77. The number of alkyl carbamates (subject to hydrolysis) is 1. The number of hydrogen-bond acceptors (Lipinski definition) is 5. The third-order valence-corrected chi connectivity index (χ3v) is 3.77. The van der Waals surface area contributed by atoms with Gasteiger partial charge in [-0.05, 0) is 33.6 Å². The van der Waals surface area contributed by atoms with Crippen LogP contribution in [0.25, 0.3) is 0 Å². The molecule has 1 atom stereocenters. The molecule has 0 aromatic rings. The zero-order valence-electron chi connectivity index (χ0n) is 15.7. The molecular weight excluding hydrogens is 439 g/mol. The molecule has 0 aromatic heterocycles. The first-order valence-corrected chi connectivity index (χ1v) is 8.40. The Bertz CT molecular complexity index is 421. The highest BCUT2D eigenvalue weighted by Crippen LogP contribution is 2.31. The van der Waals surface area contributed by atoms with E-state index in [4.69, 9.17) is 9.47 Å². The maximum absolute atomic E-state index is 11.5. The lowest BCUT2D eigenvalue weighted by atomic mass is 9.84. The van der Waals surface area contributed by atoms with Crippen molar-refractivity contribution in [3.63, 3.8) is 0 Å². The number of hydrogen-bond donors (Lipinski definition) is 4. The van der Waals surface area contributed by atoms with E-state index in [-0.39, 0.29) is 36.0 Å². The number of nitrogens with zero attached hydrogens (tertiary/aromatic N) is 1. The number of guanidine groups is 1. The van der Waals surface area contributed by atoms with Crippen LogP contribution < -0.4 is 16.0 Å². The summed E-state index contributed by atoms with van der Waals surface area (Å²) in [5.41, 5.74) is -0.541. The summed E-state index contributed by atoms with van der Waals surface area (Å²) in [6.45, 7) is 8.65. The number of aliphatic imine (C=N–C) groups is 1. The first-order chi connectivity index (χ1) is 11.3. The minimum Gasteiger partial charge on any atom is -0.444 e. The van der Waals surface area contributed by atoms with E-state index in [1.807, 2.05) is 20.8 Å². The number of ether oxygens (including phenoxy) is 2. The number of amides is 1. The molecule has 148 valence electrons. The average Bonchev–Trinajstić information content (AvgIpc) is 2.94. The van der Waals surface area contributed by atoms with Gasteiger partial charge in [0.2, 0.25) is 0 Å². The summed E-state index contributed by atoms with van der Waals surface area (Å²) in [7, 11) is 1.69. The largest absolute Gasteiger partial charge is 0.444 e. The normalized spacial score (nSPS) is 20.6. The molecule has 0 spiro atoms. The number of halogens is 1. The van der Waals surface area contributed by atoms with E-state index in [9.17, 15) is 9.90 Å². The fourth-order valence-electron chi connectivity index (χ4n) is 2.46. The summed E-state index contributed by atoms with van der Waals surface area (Å²) in [5, 5.41) is 18.3. The average molecular weight is 472 g/mol. The van der Waals surface area contributed by atoms with Crippen molar-refractivity contribution in [1.82, 2.24) is 16.0 Å². The van der Waals surface area contributed by atoms with E-state index in [1.165, 1.54) is 0 Å². The number of nitrogens with one attached hydrogen (secondary N) is 3. The molecule has 1 rings (SSSR count). The molecule has 25 heavy (non-hydrogen) atoms. The van der Waals surface area contributed by atoms with Crippen LogP contribution in [0, 0.1) is 5.41 Å². The summed E-state index contributed by atoms with van der Waals surface area (Å²) in [4.78, 5) is 15.7. The highest BCUT2D eigenvalue weighted by molar-refractivity contribution is 14.0. The van der Waals surface area contributed by atoms with Gasteiger partial charge in [-0.3, -0.25) is 4.99 Å². The zero-order chi connectivity index (χ0) is 18.1. The van der Waals surface area contributed by atoms with Gasteiger partial charge < -0.3 is 30.5 Å². The quantitative estimate of drug-likeness (QED) is 0.191. The van der Waals surface area contributed by atoms with Crippen LogP contribution in [0.2, 0.25) is 0 Å². The van der Waals surface area contributed by atoms with Gasteiger partial charge in [-0.2, -0.15) is 0 Å². The number of rotatable bonds is 7. The van der Waals surface area contributed by atoms with Crippen molar-refractivity contribution >= 4 is 36.0 Å². The molecule has 1 saturated heterocycles. The second kappa shape index (κ2) is 11.7. The number of aliphatic hydroxyl groups is 1. The summed E-state index contributed by atoms with van der Waals surface area (Å²) in [5.74, 6) is 0.658. The van der Waals surface area contributed by atoms with Gasteiger partial charge >= 0.3 is 6.09 Å². The molecule has 0 aliphatic carbocycles. The molecule has 4 N–H and O–H groups in total. The molecule has 1 amide bonds. The first kappa shape index (κ1) is 24.2. The lowest BCUT2D eigenvalue weighted by molar-refractivity contribution is 0.0529. The van der Waals surface area contributed by atoms with Crippen LogP contribution in [-0.4, -0.2) is 69.3 Å². The zero-order valence-corrected chi connectivity index (χ0v) is 18.0. The Hall–Kier alpha value is -0.810. The number of carbonyl (C=O) groups excluding carboxylic acids is 1. The molecule has 9 heteroatoms. The number of aliphatic hydroxyl groups excluding tert-OH is 1. The second-order valence-electron chi connectivity index (χ2n) is 7.06. The van der Waals surface area contributed by atoms with Crippen LogP contribution in [-0.2, 0) is 9.47 Å². The van der Waals surface area contributed by atoms with Crippen LogP contribution >= 0.6 is 24.0 Å². The van der Waals surface area contributed by atoms with E-state index >= 15 is 0 Å². The fourth-order valence-corrected chi connectivity index (χ4v) is 2.46. The van der Waals surface area contributed by atoms with E-state index in [0.717, 1.165) is 13.0 Å². The van der Waals surface area contributed by atoms with Crippen molar-refractivity contribution in [3.05, 3.63) is 0 Å². The molecule has 1 fully saturated rings. The standard InChI is InChI=1S/C16H32N4O4.HI/c1-15(2,3)24-14(22)19-8-7-18-13(17-4)20-11-16(5-9-21)6-10-23-12-16;/h21H,5-12H2,1-4H3,(H,19,22)(H2,17,18,20);1H. The van der Waals surface area contributed by atoms with Gasteiger partial charge in [0.15, 0.2) is 5.96 Å². The molecule has 0 aromatic carbocycles. The maximum atomic E-state index is 11.5. The topological polar surface area (TPSA) is 104 Å². The van der Waals surface area contributed by atoms with Crippen LogP contribution in [0.4, 0.5) is 4.79 Å². The third kappa shape index (κ3) is 10.0. The molecule has 1 unspecified atom stereocenters. The fraction of sp³-hybridized carbons (Fsp3) is 0.875. The van der Waals surface area contributed by atoms with Crippen molar-refractivity contribution in [3.8, 4) is 0 Å². The van der Waals surface area contributed by atoms with Crippen molar-refractivity contribution in [2.24, 2.45) is 10.4 Å². The van der Waals surface area contributed by atoms with Gasteiger partial charge in [-0.25, -0.2) is 4.79 Å². The van der Waals surface area contributed by atoms with E-state index in [2.05, 4.69) is 20.9 Å². The van der Waals surface area contributed by atoms with Crippen molar-refractivity contribution in [2.45, 2.75) is 39.2 Å². The Morgan fingerprint density at radius 3 is 2.48 bits per heavy atom. The Balaban J connectivity index is 0.00000576. The summed E-state index contributed by atoms with van der Waals surface area (Å²) < 4.78 is 10.6. The minimum absolute atomic E-state index is 0. The lowest BCUT2D eigenvalue weighted by Crippen LogP contribution is -2.46. The van der Waals surface area contributed by atoms with Crippen molar-refractivity contribution in [2.75, 3.05) is 46.5 Å². The SMILES string of the molecule is CN=C(NCCNC(=O)OC(C)(C)C)NCC1(CCO)CCOC1.I. The predicted octanol–water partition coefficient (Wildman–Crippen LogP) is 1.08. The molecule has 8 nitrogen and oxygen atoms in total. The molecule has 1 aliphatic heterocycles. The molecule has 0 saturated carbocycles.